The first-order valence-electron chi connectivity index (χ1n) is 6.96. The van der Waals surface area contributed by atoms with Crippen molar-refractivity contribution in [3.63, 3.8) is 0 Å². The smallest absolute Gasteiger partial charge is 0.119 e. The molecule has 0 aliphatic rings. The number of benzene rings is 1. The maximum atomic E-state index is 5.57. The zero-order valence-electron chi connectivity index (χ0n) is 12.5. The summed E-state index contributed by atoms with van der Waals surface area (Å²) in [6.07, 6.45) is 5.94. The van der Waals surface area contributed by atoms with Crippen LogP contribution in [-0.4, -0.2) is 42.3 Å². The number of aromatic nitrogens is 2. The van der Waals surface area contributed by atoms with Gasteiger partial charge in [-0.1, -0.05) is 18.2 Å². The molecule has 0 saturated carbocycles. The maximum absolute atomic E-state index is 5.57. The van der Waals surface area contributed by atoms with Crippen molar-refractivity contribution in [1.82, 2.24) is 15.1 Å². The number of methoxy groups -OCH3 is 1. The van der Waals surface area contributed by atoms with Gasteiger partial charge in [0.25, 0.3) is 0 Å². The van der Waals surface area contributed by atoms with E-state index < -0.39 is 0 Å². The van der Waals surface area contributed by atoms with Gasteiger partial charge in [-0.25, -0.2) is 0 Å². The molecule has 0 fully saturated rings. The molecule has 0 aliphatic heterocycles. The number of ether oxygens (including phenoxy) is 1. The van der Waals surface area contributed by atoms with Crippen LogP contribution in [-0.2, 0) is 6.54 Å². The molecule has 1 heterocycles. The number of hydrogen-bond acceptors (Lipinski definition) is 4. The number of aromatic amines is 1. The van der Waals surface area contributed by atoms with E-state index in [1.807, 2.05) is 42.6 Å². The van der Waals surface area contributed by atoms with Crippen molar-refractivity contribution in [2.75, 3.05) is 27.2 Å². The average Bonchev–Trinajstić information content (AvgIpc) is 2.92. The van der Waals surface area contributed by atoms with Crippen LogP contribution in [0.5, 0.6) is 5.75 Å². The van der Waals surface area contributed by atoms with Crippen molar-refractivity contribution < 1.29 is 4.74 Å². The topological polar surface area (TPSA) is 67.2 Å². The van der Waals surface area contributed by atoms with E-state index in [1.165, 1.54) is 0 Å². The van der Waals surface area contributed by atoms with Crippen LogP contribution in [0.15, 0.2) is 30.5 Å². The largest absolute Gasteiger partial charge is 0.497 e. The van der Waals surface area contributed by atoms with E-state index in [9.17, 15) is 0 Å². The second-order valence-corrected chi connectivity index (χ2v) is 4.95. The summed E-state index contributed by atoms with van der Waals surface area (Å²) in [5.74, 6) is 0.852. The molecule has 21 heavy (non-hydrogen) atoms. The molecule has 0 bridgehead atoms. The van der Waals surface area contributed by atoms with Crippen LogP contribution >= 0.6 is 0 Å². The molecule has 1 aromatic carbocycles. The minimum atomic E-state index is 0.656. The summed E-state index contributed by atoms with van der Waals surface area (Å²) in [6, 6.07) is 7.94. The average molecular weight is 286 g/mol. The molecule has 3 N–H and O–H groups in total. The molecule has 2 rings (SSSR count). The van der Waals surface area contributed by atoms with Crippen molar-refractivity contribution in [1.29, 1.82) is 0 Å². The fraction of sp³-hybridized carbons (Fsp3) is 0.312. The number of nitrogens with one attached hydrogen (secondary N) is 1. The summed E-state index contributed by atoms with van der Waals surface area (Å²) in [5.41, 5.74) is 8.83. The van der Waals surface area contributed by atoms with Crippen molar-refractivity contribution in [2.24, 2.45) is 5.73 Å². The van der Waals surface area contributed by atoms with E-state index >= 15 is 0 Å². The number of H-pyrrole nitrogens is 1. The Bertz CT molecular complexity index is 591. The Hall–Kier alpha value is -2.11. The first kappa shape index (κ1) is 15.3. The SMILES string of the molecule is COc1cccc(/C=C/c2[nH]ncc2CN(C)CCN)c1. The van der Waals surface area contributed by atoms with Gasteiger partial charge in [0, 0.05) is 25.2 Å². The fourth-order valence-corrected chi connectivity index (χ4v) is 2.11. The van der Waals surface area contributed by atoms with Gasteiger partial charge in [-0.05, 0) is 30.8 Å². The van der Waals surface area contributed by atoms with Crippen LogP contribution in [0.2, 0.25) is 0 Å². The molecule has 1 aromatic heterocycles. The Balaban J connectivity index is 2.08. The zero-order valence-corrected chi connectivity index (χ0v) is 12.5. The van der Waals surface area contributed by atoms with Gasteiger partial charge in [-0.3, -0.25) is 5.10 Å². The number of rotatable bonds is 7. The van der Waals surface area contributed by atoms with E-state index in [-0.39, 0.29) is 0 Å². The Kier molecular flexibility index (Phi) is 5.54. The normalized spacial score (nSPS) is 11.4. The van der Waals surface area contributed by atoms with Gasteiger partial charge in [-0.15, -0.1) is 0 Å². The summed E-state index contributed by atoms with van der Waals surface area (Å²) in [4.78, 5) is 2.17. The number of nitrogens with two attached hydrogens (primary N) is 1. The monoisotopic (exact) mass is 286 g/mol. The van der Waals surface area contributed by atoms with Gasteiger partial charge in [0.05, 0.1) is 19.0 Å². The zero-order chi connectivity index (χ0) is 15.1. The predicted octanol–water partition coefficient (Wildman–Crippen LogP) is 1.98. The van der Waals surface area contributed by atoms with Gasteiger partial charge in [0.15, 0.2) is 0 Å². The Morgan fingerprint density at radius 3 is 3.00 bits per heavy atom. The number of nitrogens with zero attached hydrogens (tertiary/aromatic N) is 2. The molecular weight excluding hydrogens is 264 g/mol. The van der Waals surface area contributed by atoms with Crippen LogP contribution in [0.4, 0.5) is 0 Å². The van der Waals surface area contributed by atoms with Gasteiger partial charge in [0.2, 0.25) is 0 Å². The first-order chi connectivity index (χ1) is 10.2. The van der Waals surface area contributed by atoms with Gasteiger partial charge in [0.1, 0.15) is 5.75 Å². The lowest BCUT2D eigenvalue weighted by Crippen LogP contribution is -2.25. The van der Waals surface area contributed by atoms with Crippen LogP contribution < -0.4 is 10.5 Å². The molecule has 0 atom stereocenters. The fourth-order valence-electron chi connectivity index (χ4n) is 2.11. The van der Waals surface area contributed by atoms with E-state index in [0.29, 0.717) is 6.54 Å². The molecule has 0 aliphatic carbocycles. The van der Waals surface area contributed by atoms with E-state index in [2.05, 4.69) is 22.1 Å². The molecule has 0 spiro atoms. The Labute approximate surface area is 125 Å². The second kappa shape index (κ2) is 7.61. The molecule has 0 unspecified atom stereocenters. The molecule has 5 heteroatoms. The quantitative estimate of drug-likeness (QED) is 0.816. The summed E-state index contributed by atoms with van der Waals surface area (Å²) < 4.78 is 5.22. The van der Waals surface area contributed by atoms with E-state index in [1.54, 1.807) is 7.11 Å². The molecule has 0 saturated heterocycles. The van der Waals surface area contributed by atoms with Crippen LogP contribution in [0, 0.1) is 0 Å². The summed E-state index contributed by atoms with van der Waals surface area (Å²) in [5, 5.41) is 7.15. The molecule has 0 radical (unpaired) electrons. The molecule has 5 nitrogen and oxygen atoms in total. The van der Waals surface area contributed by atoms with Gasteiger partial charge < -0.3 is 15.4 Å². The van der Waals surface area contributed by atoms with Crippen LogP contribution in [0.1, 0.15) is 16.8 Å². The summed E-state index contributed by atoms with van der Waals surface area (Å²) >= 11 is 0. The van der Waals surface area contributed by atoms with Crippen molar-refractivity contribution >= 4 is 12.2 Å². The third-order valence-corrected chi connectivity index (χ3v) is 3.24. The highest BCUT2D eigenvalue weighted by molar-refractivity contribution is 5.69. The highest BCUT2D eigenvalue weighted by Gasteiger charge is 2.05. The van der Waals surface area contributed by atoms with E-state index in [0.717, 1.165) is 35.7 Å². The lowest BCUT2D eigenvalue weighted by Gasteiger charge is -2.14. The summed E-state index contributed by atoms with van der Waals surface area (Å²) in [7, 11) is 3.72. The Morgan fingerprint density at radius 1 is 1.38 bits per heavy atom. The van der Waals surface area contributed by atoms with Gasteiger partial charge >= 0.3 is 0 Å². The first-order valence-corrected chi connectivity index (χ1v) is 6.96. The molecule has 2 aromatic rings. The second-order valence-electron chi connectivity index (χ2n) is 4.95. The number of hydrogen-bond donors (Lipinski definition) is 2. The van der Waals surface area contributed by atoms with E-state index in [4.69, 9.17) is 10.5 Å². The highest BCUT2D eigenvalue weighted by atomic mass is 16.5. The third kappa shape index (κ3) is 4.44. The van der Waals surface area contributed by atoms with Crippen LogP contribution in [0.3, 0.4) is 0 Å². The Morgan fingerprint density at radius 2 is 2.24 bits per heavy atom. The molecule has 0 amide bonds. The highest BCUT2D eigenvalue weighted by Crippen LogP contribution is 2.16. The minimum Gasteiger partial charge on any atom is -0.497 e. The standard InChI is InChI=1S/C16H22N4O/c1-20(9-8-17)12-14-11-18-19-16(14)7-6-13-4-3-5-15(10-13)21-2/h3-7,10-11H,8-9,12,17H2,1-2H3,(H,18,19)/b7-6+. The predicted molar refractivity (Wildman–Crippen MR) is 85.9 cm³/mol. The molecule has 112 valence electrons. The van der Waals surface area contributed by atoms with Gasteiger partial charge in [-0.2, -0.15) is 5.10 Å². The van der Waals surface area contributed by atoms with Crippen molar-refractivity contribution in [3.05, 3.63) is 47.3 Å². The lowest BCUT2D eigenvalue weighted by molar-refractivity contribution is 0.336. The lowest BCUT2D eigenvalue weighted by atomic mass is 10.1. The third-order valence-electron chi connectivity index (χ3n) is 3.24. The van der Waals surface area contributed by atoms with Crippen molar-refractivity contribution in [2.45, 2.75) is 6.54 Å². The minimum absolute atomic E-state index is 0.656. The summed E-state index contributed by atoms with van der Waals surface area (Å²) in [6.45, 7) is 2.35. The molecular formula is C16H22N4O. The maximum Gasteiger partial charge on any atom is 0.119 e. The van der Waals surface area contributed by atoms with Crippen molar-refractivity contribution in [3.8, 4) is 5.75 Å². The van der Waals surface area contributed by atoms with Crippen LogP contribution in [0.25, 0.3) is 12.2 Å². The number of likely N-dealkylation sites (N-methyl/N-ethyl adjacent to an activating group) is 1.